The van der Waals surface area contributed by atoms with Gasteiger partial charge in [0.25, 0.3) is 0 Å². The summed E-state index contributed by atoms with van der Waals surface area (Å²) in [6.07, 6.45) is 4.58. The van der Waals surface area contributed by atoms with Crippen LogP contribution < -0.4 is 38.9 Å². The summed E-state index contributed by atoms with van der Waals surface area (Å²) in [5.74, 6) is -3.35. The molecule has 0 aliphatic carbocycles. The smallest absolute Gasteiger partial charge is 0.326 e. The first-order valence-electron chi connectivity index (χ1n) is 14.7. The summed E-state index contributed by atoms with van der Waals surface area (Å²) in [4.78, 5) is 59.0. The number of amides is 3. The van der Waals surface area contributed by atoms with Crippen LogP contribution in [0.4, 0.5) is 0 Å². The van der Waals surface area contributed by atoms with E-state index < -0.39 is 47.9 Å². The number of nitrogens with zero attached hydrogens (tertiary/aromatic N) is 1. The number of guanidine groups is 1. The Bertz CT molecular complexity index is 1240. The van der Waals surface area contributed by atoms with Gasteiger partial charge in [-0.1, -0.05) is 44.9 Å². The molecule has 0 bridgehead atoms. The molecule has 14 nitrogen and oxygen atoms in total. The number of nitrogens with one attached hydrogen (secondary N) is 4. The Balaban J connectivity index is 2.28. The van der Waals surface area contributed by atoms with Gasteiger partial charge >= 0.3 is 5.97 Å². The molecule has 14 heteroatoms. The summed E-state index contributed by atoms with van der Waals surface area (Å²) in [7, 11) is 0. The molecule has 1 aromatic heterocycles. The van der Waals surface area contributed by atoms with Crippen LogP contribution in [-0.4, -0.2) is 77.0 Å². The van der Waals surface area contributed by atoms with E-state index >= 15 is 0 Å². The van der Waals surface area contributed by atoms with Crippen LogP contribution in [0.5, 0.6) is 0 Å². The van der Waals surface area contributed by atoms with E-state index in [0.717, 1.165) is 22.9 Å². The van der Waals surface area contributed by atoms with Gasteiger partial charge in [-0.3, -0.25) is 19.4 Å². The van der Waals surface area contributed by atoms with Gasteiger partial charge in [-0.2, -0.15) is 0 Å². The largest absolute Gasteiger partial charge is 0.480 e. The number of aliphatic carboxylic acids is 1. The maximum Gasteiger partial charge on any atom is 0.326 e. The number of carboxylic acid groups (broad SMARTS) is 1. The molecule has 1 heterocycles. The molecular weight excluding hydrogens is 554 g/mol. The van der Waals surface area contributed by atoms with Crippen LogP contribution in [0.2, 0.25) is 0 Å². The highest BCUT2D eigenvalue weighted by molar-refractivity contribution is 5.95. The van der Waals surface area contributed by atoms with Crippen LogP contribution in [0.15, 0.2) is 35.5 Å². The topological polar surface area (TPSA) is 257 Å². The Kier molecular flexibility index (Phi) is 14.4. The maximum atomic E-state index is 13.6. The van der Waals surface area contributed by atoms with Crippen molar-refractivity contribution in [2.45, 2.75) is 83.0 Å². The lowest BCUT2D eigenvalue weighted by molar-refractivity contribution is -0.142. The summed E-state index contributed by atoms with van der Waals surface area (Å²) in [6, 6.07) is 3.33. The van der Waals surface area contributed by atoms with Crippen molar-refractivity contribution >= 4 is 40.6 Å². The van der Waals surface area contributed by atoms with E-state index in [4.69, 9.17) is 22.9 Å². The van der Waals surface area contributed by atoms with E-state index in [1.807, 2.05) is 38.1 Å². The fourth-order valence-corrected chi connectivity index (χ4v) is 4.63. The summed E-state index contributed by atoms with van der Waals surface area (Å²) in [5, 5.41) is 18.7. The molecule has 3 amide bonds. The van der Waals surface area contributed by atoms with Crippen molar-refractivity contribution in [3.8, 4) is 0 Å². The third-order valence-corrected chi connectivity index (χ3v) is 7.39. The Morgan fingerprint density at radius 3 is 2.30 bits per heavy atom. The van der Waals surface area contributed by atoms with E-state index in [1.54, 1.807) is 6.20 Å². The molecule has 5 unspecified atom stereocenters. The number of fused-ring (bicyclic) bond motifs is 1. The van der Waals surface area contributed by atoms with Crippen LogP contribution in [0, 0.1) is 5.92 Å². The van der Waals surface area contributed by atoms with Crippen molar-refractivity contribution in [3.63, 3.8) is 0 Å². The van der Waals surface area contributed by atoms with Gasteiger partial charge in [-0.05, 0) is 49.8 Å². The van der Waals surface area contributed by atoms with Gasteiger partial charge in [-0.15, -0.1) is 0 Å². The summed E-state index contributed by atoms with van der Waals surface area (Å²) in [6.45, 7) is 4.39. The standard InChI is InChI=1S/C29H47N9O5/c1-3-17(2)24(38-25(39)20(31)10-6-7-13-30)27(41)37-23(15-18-16-35-21-11-5-4-9-19(18)21)26(40)36-22(28(42)43)12-8-14-34-29(32)33/h4-5,9,11,16-17,20,22-24,35H,3,6-8,10,12-15,30-31H2,1-2H3,(H,36,40)(H,37,41)(H,38,39)(H,42,43)(H4,32,33,34). The lowest BCUT2D eigenvalue weighted by Gasteiger charge is -2.28. The molecule has 2 aromatic rings. The van der Waals surface area contributed by atoms with Crippen molar-refractivity contribution in [1.82, 2.24) is 20.9 Å². The number of aromatic amines is 1. The van der Waals surface area contributed by atoms with Crippen LogP contribution in [0.1, 0.15) is 57.9 Å². The van der Waals surface area contributed by atoms with E-state index in [-0.39, 0.29) is 31.3 Å². The normalized spacial score (nSPS) is 14.6. The molecule has 43 heavy (non-hydrogen) atoms. The number of aromatic nitrogens is 1. The number of hydrogen-bond acceptors (Lipinski definition) is 7. The first-order chi connectivity index (χ1) is 20.5. The number of rotatable bonds is 19. The van der Waals surface area contributed by atoms with E-state index in [0.29, 0.717) is 32.2 Å². The molecule has 0 aliphatic heterocycles. The van der Waals surface area contributed by atoms with Gasteiger partial charge in [0.2, 0.25) is 17.7 Å². The van der Waals surface area contributed by atoms with E-state index in [2.05, 4.69) is 25.9 Å². The van der Waals surface area contributed by atoms with Crippen LogP contribution in [0.3, 0.4) is 0 Å². The van der Waals surface area contributed by atoms with Crippen molar-refractivity contribution in [1.29, 1.82) is 0 Å². The van der Waals surface area contributed by atoms with E-state index in [9.17, 15) is 24.3 Å². The Labute approximate surface area is 251 Å². The van der Waals surface area contributed by atoms with Gasteiger partial charge in [0, 0.05) is 30.1 Å². The molecule has 2 rings (SSSR count). The van der Waals surface area contributed by atoms with Gasteiger partial charge in [0.05, 0.1) is 6.04 Å². The van der Waals surface area contributed by atoms with Crippen LogP contribution >= 0.6 is 0 Å². The average molecular weight is 602 g/mol. The van der Waals surface area contributed by atoms with Gasteiger partial charge in [0.1, 0.15) is 18.1 Å². The second-order valence-corrected chi connectivity index (χ2v) is 10.7. The molecule has 0 saturated heterocycles. The second-order valence-electron chi connectivity index (χ2n) is 10.7. The van der Waals surface area contributed by atoms with E-state index in [1.165, 1.54) is 0 Å². The van der Waals surface area contributed by atoms with Crippen molar-refractivity contribution in [3.05, 3.63) is 36.0 Å². The van der Waals surface area contributed by atoms with Crippen molar-refractivity contribution < 1.29 is 24.3 Å². The molecular formula is C29H47N9O5. The Hall–Kier alpha value is -4.17. The lowest BCUT2D eigenvalue weighted by atomic mass is 9.96. The number of aliphatic imine (C=N–C) groups is 1. The highest BCUT2D eigenvalue weighted by Crippen LogP contribution is 2.20. The number of hydrogen-bond donors (Lipinski definition) is 9. The van der Waals surface area contributed by atoms with Crippen molar-refractivity contribution in [2.24, 2.45) is 33.8 Å². The second kappa shape index (κ2) is 17.7. The molecule has 238 valence electrons. The van der Waals surface area contributed by atoms with Gasteiger partial charge in [0.15, 0.2) is 5.96 Å². The first kappa shape index (κ1) is 35.0. The van der Waals surface area contributed by atoms with Crippen LogP contribution in [-0.2, 0) is 25.6 Å². The number of carbonyl (C=O) groups excluding carboxylic acids is 3. The molecule has 1 aromatic carbocycles. The lowest BCUT2D eigenvalue weighted by Crippen LogP contribution is -2.59. The predicted molar refractivity (Wildman–Crippen MR) is 166 cm³/mol. The number of unbranched alkanes of at least 4 members (excludes halogenated alkanes) is 1. The van der Waals surface area contributed by atoms with Crippen molar-refractivity contribution in [2.75, 3.05) is 13.1 Å². The first-order valence-corrected chi connectivity index (χ1v) is 14.7. The fourth-order valence-electron chi connectivity index (χ4n) is 4.63. The monoisotopic (exact) mass is 601 g/mol. The number of carboxylic acids is 1. The Morgan fingerprint density at radius 1 is 0.953 bits per heavy atom. The zero-order valence-electron chi connectivity index (χ0n) is 25.0. The number of nitrogens with two attached hydrogens (primary N) is 4. The highest BCUT2D eigenvalue weighted by Gasteiger charge is 2.33. The molecule has 0 spiro atoms. The molecule has 0 fully saturated rings. The highest BCUT2D eigenvalue weighted by atomic mass is 16.4. The summed E-state index contributed by atoms with van der Waals surface area (Å²) >= 11 is 0. The summed E-state index contributed by atoms with van der Waals surface area (Å²) in [5.41, 5.74) is 23.9. The Morgan fingerprint density at radius 2 is 1.65 bits per heavy atom. The third kappa shape index (κ3) is 11.2. The molecule has 13 N–H and O–H groups in total. The van der Waals surface area contributed by atoms with Gasteiger partial charge < -0.3 is 49.0 Å². The third-order valence-electron chi connectivity index (χ3n) is 7.39. The molecule has 0 aliphatic rings. The fraction of sp³-hybridized carbons (Fsp3) is 0.552. The maximum absolute atomic E-state index is 13.6. The van der Waals surface area contributed by atoms with Gasteiger partial charge in [-0.25, -0.2) is 4.79 Å². The zero-order valence-corrected chi connectivity index (χ0v) is 25.0. The SMILES string of the molecule is CCC(C)C(NC(=O)C(N)CCCCN)C(=O)NC(Cc1c[nH]c2ccccc12)C(=O)NC(CCCN=C(N)N)C(=O)O. The number of para-hydroxylation sites is 1. The number of benzene rings is 1. The zero-order chi connectivity index (χ0) is 31.9. The minimum absolute atomic E-state index is 0.0687. The summed E-state index contributed by atoms with van der Waals surface area (Å²) < 4.78 is 0. The molecule has 0 radical (unpaired) electrons. The number of H-pyrrole nitrogens is 1. The average Bonchev–Trinajstić information content (AvgIpc) is 3.38. The minimum Gasteiger partial charge on any atom is -0.480 e. The quantitative estimate of drug-likeness (QED) is 0.0586. The minimum atomic E-state index is -1.24. The number of carbonyl (C=O) groups is 4. The predicted octanol–water partition coefficient (Wildman–Crippen LogP) is -0.195. The molecule has 0 saturated carbocycles. The van der Waals surface area contributed by atoms with Crippen LogP contribution in [0.25, 0.3) is 10.9 Å². The molecule has 5 atom stereocenters.